The number of aromatic nitrogens is 2. The molecule has 0 saturated heterocycles. The van der Waals surface area contributed by atoms with Crippen LogP contribution in [0.1, 0.15) is 11.4 Å². The van der Waals surface area contributed by atoms with E-state index in [0.29, 0.717) is 24.9 Å². The Balaban J connectivity index is 1.85. The van der Waals surface area contributed by atoms with Gasteiger partial charge in [-0.1, -0.05) is 5.16 Å². The zero-order valence-corrected chi connectivity index (χ0v) is 9.29. The molecule has 0 radical (unpaired) electrons. The number of hydrogen-bond donors (Lipinski definition) is 1. The molecular weight excluding hydrogens is 247 g/mol. The third kappa shape index (κ3) is 3.07. The number of nitrogens with one attached hydrogen (secondary N) is 1. The number of benzene rings is 1. The summed E-state index contributed by atoms with van der Waals surface area (Å²) in [6.45, 7) is 0.568. The summed E-state index contributed by atoms with van der Waals surface area (Å²) in [5.74, 6) is -2.51. The third-order valence-electron chi connectivity index (χ3n) is 2.34. The lowest BCUT2D eigenvalue weighted by atomic mass is 10.2. The van der Waals surface area contributed by atoms with Crippen molar-refractivity contribution in [2.75, 3.05) is 6.54 Å². The maximum absolute atomic E-state index is 13.2. The van der Waals surface area contributed by atoms with Crippen LogP contribution in [0.15, 0.2) is 23.0 Å². The average molecular weight is 257 g/mol. The molecule has 0 saturated carbocycles. The zero-order valence-electron chi connectivity index (χ0n) is 9.29. The van der Waals surface area contributed by atoms with Crippen LogP contribution >= 0.6 is 0 Å². The second-order valence-electron chi connectivity index (χ2n) is 3.63. The van der Waals surface area contributed by atoms with Crippen LogP contribution in [-0.2, 0) is 13.0 Å². The van der Waals surface area contributed by atoms with Gasteiger partial charge in [-0.3, -0.25) is 0 Å². The van der Waals surface area contributed by atoms with E-state index >= 15 is 0 Å². The summed E-state index contributed by atoms with van der Waals surface area (Å²) < 4.78 is 43.3. The fourth-order valence-electron chi connectivity index (χ4n) is 1.43. The van der Waals surface area contributed by atoms with Crippen LogP contribution in [-0.4, -0.2) is 16.7 Å². The van der Waals surface area contributed by atoms with E-state index in [1.54, 1.807) is 0 Å². The van der Waals surface area contributed by atoms with Crippen LogP contribution in [0.2, 0.25) is 0 Å². The van der Waals surface area contributed by atoms with Crippen LogP contribution in [0.25, 0.3) is 0 Å². The molecule has 4 nitrogen and oxygen atoms in total. The molecule has 0 atom stereocenters. The van der Waals surface area contributed by atoms with Gasteiger partial charge < -0.3 is 9.84 Å². The summed E-state index contributed by atoms with van der Waals surface area (Å²) in [6, 6.07) is 1.37. The number of halogens is 3. The van der Waals surface area contributed by atoms with Crippen LogP contribution in [0.5, 0.6) is 0 Å². The maximum Gasteiger partial charge on any atom is 0.213 e. The first kappa shape index (κ1) is 12.6. The molecule has 0 spiro atoms. The van der Waals surface area contributed by atoms with Gasteiger partial charge in [0.15, 0.2) is 17.5 Å². The van der Waals surface area contributed by atoms with Crippen LogP contribution in [0.4, 0.5) is 13.2 Å². The molecule has 0 bridgehead atoms. The van der Waals surface area contributed by atoms with E-state index in [1.165, 1.54) is 6.39 Å². The Hall–Kier alpha value is -1.89. The Morgan fingerprint density at radius 2 is 1.89 bits per heavy atom. The molecule has 0 aliphatic heterocycles. The molecule has 0 amide bonds. The van der Waals surface area contributed by atoms with Crippen molar-refractivity contribution in [1.82, 2.24) is 15.5 Å². The van der Waals surface area contributed by atoms with E-state index in [0.717, 1.165) is 6.07 Å². The molecule has 0 aliphatic rings. The molecule has 18 heavy (non-hydrogen) atoms. The quantitative estimate of drug-likeness (QED) is 0.655. The summed E-state index contributed by atoms with van der Waals surface area (Å²) >= 11 is 0. The molecule has 1 aromatic carbocycles. The lowest BCUT2D eigenvalue weighted by Gasteiger charge is -2.05. The highest BCUT2D eigenvalue weighted by Crippen LogP contribution is 2.13. The molecule has 2 aromatic rings. The fraction of sp³-hybridized carbons (Fsp3) is 0.273. The lowest BCUT2D eigenvalue weighted by Crippen LogP contribution is -2.18. The van der Waals surface area contributed by atoms with Gasteiger partial charge in [0.2, 0.25) is 6.39 Å². The SMILES string of the molecule is Fc1cc(F)c(CNCCc2ncon2)cc1F. The summed E-state index contributed by atoms with van der Waals surface area (Å²) in [5, 5.41) is 6.47. The van der Waals surface area contributed by atoms with E-state index in [9.17, 15) is 13.2 Å². The first-order chi connectivity index (χ1) is 8.66. The van der Waals surface area contributed by atoms with Gasteiger partial charge in [-0.15, -0.1) is 0 Å². The van der Waals surface area contributed by atoms with Crippen molar-refractivity contribution in [3.8, 4) is 0 Å². The van der Waals surface area contributed by atoms with Gasteiger partial charge in [0.25, 0.3) is 0 Å². The molecule has 2 rings (SSSR count). The Kier molecular flexibility index (Phi) is 3.93. The molecule has 1 heterocycles. The van der Waals surface area contributed by atoms with Crippen molar-refractivity contribution in [2.45, 2.75) is 13.0 Å². The maximum atomic E-state index is 13.2. The second-order valence-corrected chi connectivity index (χ2v) is 3.63. The first-order valence-electron chi connectivity index (χ1n) is 5.26. The third-order valence-corrected chi connectivity index (χ3v) is 2.34. The smallest absolute Gasteiger partial charge is 0.213 e. The molecule has 0 unspecified atom stereocenters. The Bertz CT molecular complexity index is 517. The highest BCUT2D eigenvalue weighted by atomic mass is 19.2. The normalized spacial score (nSPS) is 10.8. The topological polar surface area (TPSA) is 51.0 Å². The fourth-order valence-corrected chi connectivity index (χ4v) is 1.43. The van der Waals surface area contributed by atoms with Crippen molar-refractivity contribution in [3.05, 3.63) is 47.4 Å². The number of nitrogens with zero attached hydrogens (tertiary/aromatic N) is 2. The Labute approximate surface area is 101 Å². The standard InChI is InChI=1S/C11H10F3N3O/c12-8-4-10(14)9(13)3-7(8)5-15-2-1-11-16-6-18-17-11/h3-4,6,15H,1-2,5H2. The van der Waals surface area contributed by atoms with Crippen LogP contribution < -0.4 is 5.32 Å². The van der Waals surface area contributed by atoms with Gasteiger partial charge >= 0.3 is 0 Å². The predicted molar refractivity (Wildman–Crippen MR) is 56.0 cm³/mol. The summed E-state index contributed by atoms with van der Waals surface area (Å²) in [5.41, 5.74) is 0.0713. The minimum atomic E-state index is -1.19. The van der Waals surface area contributed by atoms with Crippen LogP contribution in [0.3, 0.4) is 0 Å². The predicted octanol–water partition coefficient (Wildman–Crippen LogP) is 1.82. The number of rotatable bonds is 5. The molecule has 7 heteroatoms. The molecular formula is C11H10F3N3O. The highest BCUT2D eigenvalue weighted by molar-refractivity contribution is 5.19. The minimum Gasteiger partial charge on any atom is -0.343 e. The van der Waals surface area contributed by atoms with Crippen LogP contribution in [0, 0.1) is 17.5 Å². The van der Waals surface area contributed by atoms with Crippen molar-refractivity contribution >= 4 is 0 Å². The van der Waals surface area contributed by atoms with E-state index < -0.39 is 17.5 Å². The van der Waals surface area contributed by atoms with Gasteiger partial charge in [0.05, 0.1) is 0 Å². The van der Waals surface area contributed by atoms with Gasteiger partial charge in [-0.25, -0.2) is 13.2 Å². The van der Waals surface area contributed by atoms with Gasteiger partial charge in [0.1, 0.15) is 5.82 Å². The monoisotopic (exact) mass is 257 g/mol. The van der Waals surface area contributed by atoms with Crippen molar-refractivity contribution < 1.29 is 17.7 Å². The van der Waals surface area contributed by atoms with Crippen molar-refractivity contribution in [2.24, 2.45) is 0 Å². The molecule has 1 aromatic heterocycles. The molecule has 0 fully saturated rings. The summed E-state index contributed by atoms with van der Waals surface area (Å²) in [6.07, 6.45) is 1.71. The first-order valence-corrected chi connectivity index (χ1v) is 5.26. The summed E-state index contributed by atoms with van der Waals surface area (Å²) in [7, 11) is 0. The van der Waals surface area contributed by atoms with Crippen molar-refractivity contribution in [3.63, 3.8) is 0 Å². The largest absolute Gasteiger partial charge is 0.343 e. The second kappa shape index (κ2) is 5.63. The Morgan fingerprint density at radius 1 is 1.11 bits per heavy atom. The summed E-state index contributed by atoms with van der Waals surface area (Å²) in [4.78, 5) is 3.80. The number of hydrogen-bond acceptors (Lipinski definition) is 4. The van der Waals surface area contributed by atoms with Crippen molar-refractivity contribution in [1.29, 1.82) is 0 Å². The highest BCUT2D eigenvalue weighted by Gasteiger charge is 2.09. The van der Waals surface area contributed by atoms with E-state index in [2.05, 4.69) is 20.0 Å². The molecule has 0 aliphatic carbocycles. The van der Waals surface area contributed by atoms with Gasteiger partial charge in [-0.2, -0.15) is 4.98 Å². The van der Waals surface area contributed by atoms with Gasteiger partial charge in [0, 0.05) is 31.1 Å². The van der Waals surface area contributed by atoms with E-state index in [-0.39, 0.29) is 12.1 Å². The van der Waals surface area contributed by atoms with E-state index in [4.69, 9.17) is 0 Å². The Morgan fingerprint density at radius 3 is 2.61 bits per heavy atom. The lowest BCUT2D eigenvalue weighted by molar-refractivity contribution is 0.409. The van der Waals surface area contributed by atoms with E-state index in [1.807, 2.05) is 0 Å². The van der Waals surface area contributed by atoms with Gasteiger partial charge in [-0.05, 0) is 6.07 Å². The zero-order chi connectivity index (χ0) is 13.0. The molecule has 96 valence electrons. The average Bonchev–Trinajstić information content (AvgIpc) is 2.84. The molecule has 1 N–H and O–H groups in total. The minimum absolute atomic E-state index is 0.0713.